The average molecular weight is 445 g/mol. The predicted molar refractivity (Wildman–Crippen MR) is 126 cm³/mol. The first-order valence-electron chi connectivity index (χ1n) is 11.5. The molecule has 0 amide bonds. The third-order valence-corrected chi connectivity index (χ3v) is 5.38. The van der Waals surface area contributed by atoms with Gasteiger partial charge < -0.3 is 30.7 Å². The van der Waals surface area contributed by atoms with Gasteiger partial charge in [0.2, 0.25) is 17.8 Å². The van der Waals surface area contributed by atoms with Crippen LogP contribution >= 0.6 is 0 Å². The lowest BCUT2D eigenvalue weighted by molar-refractivity contribution is 0.0547. The second-order valence-electron chi connectivity index (χ2n) is 7.80. The lowest BCUT2D eigenvalue weighted by atomic mass is 9.95. The minimum atomic E-state index is 0.458. The SMILES string of the molecule is CN(c1nc(NCCOCCOCCN)nc(NCc2ccccn2)n1)C1CCCCC1. The second kappa shape index (κ2) is 13.8. The highest BCUT2D eigenvalue weighted by molar-refractivity contribution is 5.44. The highest BCUT2D eigenvalue weighted by atomic mass is 16.5. The van der Waals surface area contributed by atoms with Crippen LogP contribution in [0.2, 0.25) is 0 Å². The zero-order chi connectivity index (χ0) is 22.4. The van der Waals surface area contributed by atoms with Crippen molar-refractivity contribution in [1.29, 1.82) is 0 Å². The van der Waals surface area contributed by atoms with Crippen molar-refractivity contribution in [3.63, 3.8) is 0 Å². The van der Waals surface area contributed by atoms with E-state index in [0.29, 0.717) is 69.9 Å². The highest BCUT2D eigenvalue weighted by Crippen LogP contribution is 2.25. The highest BCUT2D eigenvalue weighted by Gasteiger charge is 2.21. The van der Waals surface area contributed by atoms with Gasteiger partial charge in [-0.05, 0) is 25.0 Å². The van der Waals surface area contributed by atoms with Crippen LogP contribution in [0.1, 0.15) is 37.8 Å². The first-order valence-corrected chi connectivity index (χ1v) is 11.5. The molecule has 0 aliphatic heterocycles. The number of rotatable bonds is 14. The summed E-state index contributed by atoms with van der Waals surface area (Å²) < 4.78 is 10.9. The molecule has 0 saturated heterocycles. The van der Waals surface area contributed by atoms with Crippen LogP contribution in [0.5, 0.6) is 0 Å². The van der Waals surface area contributed by atoms with E-state index in [9.17, 15) is 0 Å². The second-order valence-corrected chi connectivity index (χ2v) is 7.80. The standard InChI is InChI=1S/C22H36N8O2/c1-30(19-8-3-2-4-9-19)22-28-20(25-12-14-32-16-15-31-13-10-23)27-21(29-22)26-17-18-7-5-6-11-24-18/h5-7,11,19H,2-4,8-10,12-17,23H2,1H3,(H2,25,26,27,28,29). The Kier molecular flexibility index (Phi) is 10.4. The number of anilines is 3. The number of aromatic nitrogens is 4. The molecule has 2 heterocycles. The van der Waals surface area contributed by atoms with E-state index < -0.39 is 0 Å². The van der Waals surface area contributed by atoms with Crippen molar-refractivity contribution >= 4 is 17.8 Å². The fourth-order valence-corrected chi connectivity index (χ4v) is 3.62. The largest absolute Gasteiger partial charge is 0.378 e. The van der Waals surface area contributed by atoms with Crippen molar-refractivity contribution in [1.82, 2.24) is 19.9 Å². The van der Waals surface area contributed by atoms with Gasteiger partial charge in [-0.25, -0.2) is 0 Å². The molecule has 2 aromatic heterocycles. The van der Waals surface area contributed by atoms with E-state index in [0.717, 1.165) is 5.69 Å². The van der Waals surface area contributed by atoms with Crippen LogP contribution in [-0.2, 0) is 16.0 Å². The normalized spacial score (nSPS) is 14.3. The van der Waals surface area contributed by atoms with Crippen molar-refractivity contribution < 1.29 is 9.47 Å². The van der Waals surface area contributed by atoms with Crippen molar-refractivity contribution in [2.75, 3.05) is 62.1 Å². The van der Waals surface area contributed by atoms with E-state index in [-0.39, 0.29) is 0 Å². The van der Waals surface area contributed by atoms with Crippen molar-refractivity contribution in [3.8, 4) is 0 Å². The van der Waals surface area contributed by atoms with Gasteiger partial charge in [0, 0.05) is 32.4 Å². The lowest BCUT2D eigenvalue weighted by Gasteiger charge is -2.31. The van der Waals surface area contributed by atoms with E-state index in [1.54, 1.807) is 6.20 Å². The molecule has 10 heteroatoms. The van der Waals surface area contributed by atoms with E-state index in [2.05, 4.69) is 42.5 Å². The number of ether oxygens (including phenoxy) is 2. The summed E-state index contributed by atoms with van der Waals surface area (Å²) in [5, 5.41) is 6.53. The Morgan fingerprint density at radius 2 is 1.72 bits per heavy atom. The zero-order valence-electron chi connectivity index (χ0n) is 19.0. The third-order valence-electron chi connectivity index (χ3n) is 5.38. The van der Waals surface area contributed by atoms with Crippen molar-refractivity contribution in [3.05, 3.63) is 30.1 Å². The van der Waals surface area contributed by atoms with E-state index in [1.165, 1.54) is 32.1 Å². The Morgan fingerprint density at radius 1 is 0.969 bits per heavy atom. The Bertz CT molecular complexity index is 774. The third kappa shape index (κ3) is 8.18. The summed E-state index contributed by atoms with van der Waals surface area (Å²) in [5.41, 5.74) is 6.32. The topological polar surface area (TPSA) is 123 Å². The summed E-state index contributed by atoms with van der Waals surface area (Å²) in [6, 6.07) is 6.29. The van der Waals surface area contributed by atoms with E-state index in [1.807, 2.05) is 18.2 Å². The molecular weight excluding hydrogens is 408 g/mol. The van der Waals surface area contributed by atoms with Crippen LogP contribution in [0.15, 0.2) is 24.4 Å². The number of hydrogen-bond donors (Lipinski definition) is 3. The number of hydrogen-bond acceptors (Lipinski definition) is 10. The van der Waals surface area contributed by atoms with Crippen LogP contribution in [0.25, 0.3) is 0 Å². The fourth-order valence-electron chi connectivity index (χ4n) is 3.62. The molecule has 2 aromatic rings. The summed E-state index contributed by atoms with van der Waals surface area (Å²) in [7, 11) is 2.07. The van der Waals surface area contributed by atoms with Gasteiger partial charge in [-0.15, -0.1) is 0 Å². The van der Waals surface area contributed by atoms with Gasteiger partial charge in [-0.1, -0.05) is 25.3 Å². The maximum atomic E-state index is 5.58. The minimum Gasteiger partial charge on any atom is -0.378 e. The van der Waals surface area contributed by atoms with Gasteiger partial charge in [0.05, 0.1) is 38.7 Å². The summed E-state index contributed by atoms with van der Waals surface area (Å²) in [5.74, 6) is 1.74. The van der Waals surface area contributed by atoms with Gasteiger partial charge in [0.1, 0.15) is 0 Å². The molecule has 0 atom stereocenters. The van der Waals surface area contributed by atoms with Crippen LogP contribution in [0, 0.1) is 0 Å². The van der Waals surface area contributed by atoms with Crippen LogP contribution in [-0.4, -0.2) is 72.5 Å². The van der Waals surface area contributed by atoms with Gasteiger partial charge in [-0.3, -0.25) is 4.98 Å². The number of nitrogens with zero attached hydrogens (tertiary/aromatic N) is 5. The van der Waals surface area contributed by atoms with Crippen LogP contribution in [0.4, 0.5) is 17.8 Å². The molecule has 1 aliphatic rings. The van der Waals surface area contributed by atoms with Crippen LogP contribution < -0.4 is 21.3 Å². The van der Waals surface area contributed by atoms with Gasteiger partial charge >= 0.3 is 0 Å². The maximum absolute atomic E-state index is 5.58. The first kappa shape index (κ1) is 24.1. The lowest BCUT2D eigenvalue weighted by Crippen LogP contribution is -2.35. The van der Waals surface area contributed by atoms with Gasteiger partial charge in [0.15, 0.2) is 0 Å². The smallest absolute Gasteiger partial charge is 0.231 e. The Labute approximate surface area is 190 Å². The Hall–Kier alpha value is -2.56. The first-order chi connectivity index (χ1) is 15.8. The molecule has 0 spiro atoms. The quantitative estimate of drug-likeness (QED) is 0.373. The Balaban J connectivity index is 1.59. The zero-order valence-corrected chi connectivity index (χ0v) is 19.0. The molecule has 10 nitrogen and oxygen atoms in total. The molecule has 1 fully saturated rings. The monoisotopic (exact) mass is 444 g/mol. The number of nitrogens with two attached hydrogens (primary N) is 1. The molecule has 1 saturated carbocycles. The predicted octanol–water partition coefficient (Wildman–Crippen LogP) is 2.05. The van der Waals surface area contributed by atoms with Crippen LogP contribution in [0.3, 0.4) is 0 Å². The maximum Gasteiger partial charge on any atom is 0.231 e. The average Bonchev–Trinajstić information content (AvgIpc) is 2.85. The Morgan fingerprint density at radius 3 is 2.44 bits per heavy atom. The molecule has 0 unspecified atom stereocenters. The summed E-state index contributed by atoms with van der Waals surface area (Å²) in [6.45, 7) is 3.82. The molecule has 176 valence electrons. The summed E-state index contributed by atoms with van der Waals surface area (Å²) >= 11 is 0. The van der Waals surface area contributed by atoms with Crippen molar-refractivity contribution in [2.24, 2.45) is 5.73 Å². The molecule has 32 heavy (non-hydrogen) atoms. The van der Waals surface area contributed by atoms with Gasteiger partial charge in [-0.2, -0.15) is 15.0 Å². The summed E-state index contributed by atoms with van der Waals surface area (Å²) in [4.78, 5) is 20.4. The molecule has 4 N–H and O–H groups in total. The number of nitrogens with one attached hydrogen (secondary N) is 2. The fraction of sp³-hybridized carbons (Fsp3) is 0.636. The molecular formula is C22H36N8O2. The molecule has 0 aromatic carbocycles. The summed E-state index contributed by atoms with van der Waals surface area (Å²) in [6.07, 6.45) is 7.93. The van der Waals surface area contributed by atoms with E-state index >= 15 is 0 Å². The minimum absolute atomic E-state index is 0.458. The molecule has 0 bridgehead atoms. The van der Waals surface area contributed by atoms with Crippen molar-refractivity contribution in [2.45, 2.75) is 44.7 Å². The van der Waals surface area contributed by atoms with E-state index in [4.69, 9.17) is 15.2 Å². The molecule has 0 radical (unpaired) electrons. The molecule has 1 aliphatic carbocycles. The number of pyridine rings is 1. The molecule has 3 rings (SSSR count). The van der Waals surface area contributed by atoms with Gasteiger partial charge in [0.25, 0.3) is 0 Å².